The van der Waals surface area contributed by atoms with E-state index in [1.165, 1.54) is 0 Å². The van der Waals surface area contributed by atoms with Crippen molar-refractivity contribution in [1.82, 2.24) is 4.90 Å². The summed E-state index contributed by atoms with van der Waals surface area (Å²) < 4.78 is 5.08. The maximum absolute atomic E-state index is 11.5. The van der Waals surface area contributed by atoms with E-state index in [2.05, 4.69) is 0 Å². The maximum atomic E-state index is 11.5. The Balaban J connectivity index is 2.17. The predicted molar refractivity (Wildman–Crippen MR) is 62.1 cm³/mol. The molecule has 16 heavy (non-hydrogen) atoms. The zero-order valence-electron chi connectivity index (χ0n) is 9.30. The number of hydrogen-bond acceptors (Lipinski definition) is 2. The minimum absolute atomic E-state index is 0.0462. The lowest BCUT2D eigenvalue weighted by Gasteiger charge is -2.19. The molecule has 0 aliphatic carbocycles. The lowest BCUT2D eigenvalue weighted by Crippen LogP contribution is -2.27. The lowest BCUT2D eigenvalue weighted by atomic mass is 10.1. The van der Waals surface area contributed by atoms with E-state index >= 15 is 0 Å². The summed E-state index contributed by atoms with van der Waals surface area (Å²) in [5.41, 5.74) is 1.12. The highest BCUT2D eigenvalue weighted by molar-refractivity contribution is 5.70. The molecule has 0 saturated carbocycles. The SMILES string of the molecule is C/C=C/CN1C(=O)OC[C@@H]1c1ccccc1. The van der Waals surface area contributed by atoms with Crippen molar-refractivity contribution < 1.29 is 9.53 Å². The molecule has 1 amide bonds. The number of hydrogen-bond donors (Lipinski definition) is 0. The highest BCUT2D eigenvalue weighted by atomic mass is 16.6. The van der Waals surface area contributed by atoms with Gasteiger partial charge in [-0.25, -0.2) is 4.79 Å². The third kappa shape index (κ3) is 2.08. The molecule has 1 aromatic rings. The Kier molecular flexibility index (Phi) is 3.25. The van der Waals surface area contributed by atoms with Crippen LogP contribution in [0.2, 0.25) is 0 Å². The third-order valence-electron chi connectivity index (χ3n) is 2.70. The number of cyclic esters (lactones) is 1. The summed E-state index contributed by atoms with van der Waals surface area (Å²) >= 11 is 0. The van der Waals surface area contributed by atoms with Gasteiger partial charge in [-0.1, -0.05) is 42.5 Å². The van der Waals surface area contributed by atoms with Gasteiger partial charge in [0.05, 0.1) is 6.04 Å². The zero-order chi connectivity index (χ0) is 11.4. The summed E-state index contributed by atoms with van der Waals surface area (Å²) in [5, 5.41) is 0. The van der Waals surface area contributed by atoms with Crippen LogP contribution >= 0.6 is 0 Å². The zero-order valence-corrected chi connectivity index (χ0v) is 9.30. The Labute approximate surface area is 95.3 Å². The largest absolute Gasteiger partial charge is 0.447 e. The smallest absolute Gasteiger partial charge is 0.410 e. The van der Waals surface area contributed by atoms with Crippen molar-refractivity contribution >= 4 is 6.09 Å². The van der Waals surface area contributed by atoms with Crippen molar-refractivity contribution in [2.45, 2.75) is 13.0 Å². The number of carbonyl (C=O) groups is 1. The summed E-state index contributed by atoms with van der Waals surface area (Å²) in [5.74, 6) is 0. The van der Waals surface area contributed by atoms with Crippen molar-refractivity contribution in [2.75, 3.05) is 13.2 Å². The monoisotopic (exact) mass is 217 g/mol. The molecule has 3 heteroatoms. The molecule has 3 nitrogen and oxygen atoms in total. The van der Waals surface area contributed by atoms with Crippen molar-refractivity contribution in [3.8, 4) is 0 Å². The number of allylic oxidation sites excluding steroid dienone is 1. The minimum Gasteiger partial charge on any atom is -0.447 e. The summed E-state index contributed by atoms with van der Waals surface area (Å²) in [6, 6.07) is 10.0. The van der Waals surface area contributed by atoms with Crippen LogP contribution in [0.4, 0.5) is 4.79 Å². The average molecular weight is 217 g/mol. The summed E-state index contributed by atoms with van der Waals surface area (Å²) in [4.78, 5) is 13.3. The lowest BCUT2D eigenvalue weighted by molar-refractivity contribution is 0.160. The van der Waals surface area contributed by atoms with Gasteiger partial charge in [0, 0.05) is 6.54 Å². The number of carbonyl (C=O) groups excluding carboxylic acids is 1. The van der Waals surface area contributed by atoms with Gasteiger partial charge in [0.25, 0.3) is 0 Å². The second kappa shape index (κ2) is 4.84. The summed E-state index contributed by atoms with van der Waals surface area (Å²) in [7, 11) is 0. The van der Waals surface area contributed by atoms with Gasteiger partial charge in [0.1, 0.15) is 6.61 Å². The van der Waals surface area contributed by atoms with E-state index < -0.39 is 0 Å². The van der Waals surface area contributed by atoms with Crippen LogP contribution in [0.5, 0.6) is 0 Å². The Hall–Kier alpha value is -1.77. The molecule has 1 aliphatic rings. The number of benzene rings is 1. The quantitative estimate of drug-likeness (QED) is 0.728. The van der Waals surface area contributed by atoms with Crippen LogP contribution in [0, 0.1) is 0 Å². The Bertz CT molecular complexity index is 386. The van der Waals surface area contributed by atoms with Gasteiger partial charge in [0.15, 0.2) is 0 Å². The molecule has 1 heterocycles. The fraction of sp³-hybridized carbons (Fsp3) is 0.308. The van der Waals surface area contributed by atoms with Gasteiger partial charge < -0.3 is 4.74 Å². The van der Waals surface area contributed by atoms with Gasteiger partial charge in [0.2, 0.25) is 0 Å². The summed E-state index contributed by atoms with van der Waals surface area (Å²) in [6.45, 7) is 2.99. The van der Waals surface area contributed by atoms with E-state index in [0.717, 1.165) is 5.56 Å². The van der Waals surface area contributed by atoms with Gasteiger partial charge in [-0.15, -0.1) is 0 Å². The molecule has 2 rings (SSSR count). The van der Waals surface area contributed by atoms with E-state index in [1.54, 1.807) is 4.90 Å². The van der Waals surface area contributed by atoms with Crippen LogP contribution in [0.1, 0.15) is 18.5 Å². The second-order valence-corrected chi connectivity index (χ2v) is 3.72. The van der Waals surface area contributed by atoms with Crippen LogP contribution < -0.4 is 0 Å². The van der Waals surface area contributed by atoms with Crippen LogP contribution in [0.25, 0.3) is 0 Å². The predicted octanol–water partition coefficient (Wildman–Crippen LogP) is 2.76. The molecule has 1 atom stereocenters. The molecule has 0 N–H and O–H groups in total. The third-order valence-corrected chi connectivity index (χ3v) is 2.70. The average Bonchev–Trinajstić information content (AvgIpc) is 2.69. The first kappa shape index (κ1) is 10.7. The van der Waals surface area contributed by atoms with Crippen molar-refractivity contribution in [3.05, 3.63) is 48.0 Å². The Morgan fingerprint density at radius 3 is 2.88 bits per heavy atom. The molecule has 1 saturated heterocycles. The standard InChI is InChI=1S/C13H15NO2/c1-2-3-9-14-12(10-16-13(14)15)11-7-5-4-6-8-11/h2-8,12H,9-10H2,1H3/b3-2+/t12-/m1/s1. The normalized spacial score (nSPS) is 20.4. The van der Waals surface area contributed by atoms with E-state index in [-0.39, 0.29) is 12.1 Å². The van der Waals surface area contributed by atoms with Gasteiger partial charge in [-0.05, 0) is 12.5 Å². The van der Waals surface area contributed by atoms with Crippen LogP contribution in [0.3, 0.4) is 0 Å². The first-order valence-electron chi connectivity index (χ1n) is 5.42. The topological polar surface area (TPSA) is 29.5 Å². The highest BCUT2D eigenvalue weighted by Crippen LogP contribution is 2.26. The molecule has 0 unspecified atom stereocenters. The number of ether oxygens (including phenoxy) is 1. The van der Waals surface area contributed by atoms with Crippen LogP contribution in [-0.4, -0.2) is 24.1 Å². The molecule has 84 valence electrons. The van der Waals surface area contributed by atoms with Crippen molar-refractivity contribution in [1.29, 1.82) is 0 Å². The van der Waals surface area contributed by atoms with Gasteiger partial charge in [-0.3, -0.25) is 4.90 Å². The maximum Gasteiger partial charge on any atom is 0.410 e. The van der Waals surface area contributed by atoms with Crippen molar-refractivity contribution in [3.63, 3.8) is 0 Å². The van der Waals surface area contributed by atoms with Crippen LogP contribution in [-0.2, 0) is 4.74 Å². The molecule has 0 spiro atoms. The highest BCUT2D eigenvalue weighted by Gasteiger charge is 2.32. The Morgan fingerprint density at radius 1 is 1.44 bits per heavy atom. The molecular weight excluding hydrogens is 202 g/mol. The first-order chi connectivity index (χ1) is 7.83. The van der Waals surface area contributed by atoms with E-state index in [4.69, 9.17) is 4.74 Å². The van der Waals surface area contributed by atoms with Crippen LogP contribution in [0.15, 0.2) is 42.5 Å². The molecule has 1 fully saturated rings. The van der Waals surface area contributed by atoms with E-state index in [1.807, 2.05) is 49.4 Å². The molecule has 1 aliphatic heterocycles. The number of amides is 1. The fourth-order valence-electron chi connectivity index (χ4n) is 1.82. The second-order valence-electron chi connectivity index (χ2n) is 3.72. The molecule has 1 aromatic carbocycles. The van der Waals surface area contributed by atoms with E-state index in [0.29, 0.717) is 13.2 Å². The van der Waals surface area contributed by atoms with E-state index in [9.17, 15) is 4.79 Å². The minimum atomic E-state index is -0.230. The fourth-order valence-corrected chi connectivity index (χ4v) is 1.82. The number of rotatable bonds is 3. The molecule has 0 bridgehead atoms. The van der Waals surface area contributed by atoms with Crippen molar-refractivity contribution in [2.24, 2.45) is 0 Å². The molecule has 0 radical (unpaired) electrons. The van der Waals surface area contributed by atoms with Gasteiger partial charge in [-0.2, -0.15) is 0 Å². The molecular formula is C13H15NO2. The molecule has 0 aromatic heterocycles. The number of nitrogens with zero attached hydrogens (tertiary/aromatic N) is 1. The Morgan fingerprint density at radius 2 is 2.19 bits per heavy atom. The summed E-state index contributed by atoms with van der Waals surface area (Å²) in [6.07, 6.45) is 3.67. The first-order valence-corrected chi connectivity index (χ1v) is 5.42. The van der Waals surface area contributed by atoms with Gasteiger partial charge >= 0.3 is 6.09 Å².